The Morgan fingerprint density at radius 1 is 1.13 bits per heavy atom. The predicted molar refractivity (Wildman–Crippen MR) is 59.2 cm³/mol. The lowest BCUT2D eigenvalue weighted by Crippen LogP contribution is -1.87. The summed E-state index contributed by atoms with van der Waals surface area (Å²) in [6.07, 6.45) is 6.65. The second-order valence-electron chi connectivity index (χ2n) is 2.99. The summed E-state index contributed by atoms with van der Waals surface area (Å²) in [6, 6.07) is 7.78. The monoisotopic (exact) mass is 198 g/mol. The molecule has 0 unspecified atom stereocenters. The normalized spacial score (nSPS) is 10.7. The van der Waals surface area contributed by atoms with Gasteiger partial charge in [0.05, 0.1) is 18.1 Å². The molecule has 2 aromatic rings. The molecule has 0 aliphatic carbocycles. The Labute approximate surface area is 87.5 Å². The van der Waals surface area contributed by atoms with Gasteiger partial charge < -0.3 is 5.84 Å². The van der Waals surface area contributed by atoms with Crippen LogP contribution in [0, 0.1) is 0 Å². The van der Waals surface area contributed by atoms with Crippen LogP contribution in [0.25, 0.3) is 11.3 Å². The Morgan fingerprint density at radius 2 is 1.93 bits per heavy atom. The summed E-state index contributed by atoms with van der Waals surface area (Å²) < 4.78 is 0. The molecular formula is C11H10N4. The summed E-state index contributed by atoms with van der Waals surface area (Å²) in [5.74, 6) is 5.06. The number of hydrogen-bond donors (Lipinski definition) is 1. The molecule has 0 fully saturated rings. The third kappa shape index (κ3) is 2.17. The minimum Gasteiger partial charge on any atom is -0.323 e. The molecular weight excluding hydrogens is 188 g/mol. The molecule has 4 nitrogen and oxygen atoms in total. The van der Waals surface area contributed by atoms with E-state index in [4.69, 9.17) is 5.84 Å². The fourth-order valence-corrected chi connectivity index (χ4v) is 1.27. The topological polar surface area (TPSA) is 64.2 Å². The summed E-state index contributed by atoms with van der Waals surface area (Å²) in [4.78, 5) is 8.21. The SMILES string of the molecule is NN=Cc1ccc(-c2cnccn2)cc1. The van der Waals surface area contributed by atoms with Crippen molar-refractivity contribution >= 4 is 6.21 Å². The highest BCUT2D eigenvalue weighted by atomic mass is 15.1. The predicted octanol–water partition coefficient (Wildman–Crippen LogP) is 1.44. The van der Waals surface area contributed by atoms with Crippen LogP contribution in [0.2, 0.25) is 0 Å². The molecule has 0 saturated carbocycles. The van der Waals surface area contributed by atoms with Crippen molar-refractivity contribution in [1.82, 2.24) is 9.97 Å². The second-order valence-corrected chi connectivity index (χ2v) is 2.99. The molecule has 0 radical (unpaired) electrons. The molecule has 0 bridgehead atoms. The van der Waals surface area contributed by atoms with Crippen molar-refractivity contribution in [3.05, 3.63) is 48.4 Å². The highest BCUT2D eigenvalue weighted by Gasteiger charge is 1.97. The molecule has 1 aromatic carbocycles. The minimum atomic E-state index is 0.855. The van der Waals surface area contributed by atoms with Gasteiger partial charge in [0.1, 0.15) is 0 Å². The summed E-state index contributed by atoms with van der Waals surface area (Å²) in [6.45, 7) is 0. The van der Waals surface area contributed by atoms with Crippen LogP contribution in [0.1, 0.15) is 5.56 Å². The lowest BCUT2D eigenvalue weighted by Gasteiger charge is -1.99. The molecule has 4 heteroatoms. The van der Waals surface area contributed by atoms with Crippen molar-refractivity contribution in [1.29, 1.82) is 0 Å². The van der Waals surface area contributed by atoms with E-state index in [1.54, 1.807) is 24.8 Å². The van der Waals surface area contributed by atoms with E-state index in [0.717, 1.165) is 16.8 Å². The van der Waals surface area contributed by atoms with Crippen LogP contribution < -0.4 is 5.84 Å². The van der Waals surface area contributed by atoms with Gasteiger partial charge >= 0.3 is 0 Å². The molecule has 0 spiro atoms. The molecule has 1 aromatic heterocycles. The highest BCUT2D eigenvalue weighted by Crippen LogP contribution is 2.15. The van der Waals surface area contributed by atoms with Crippen molar-refractivity contribution in [2.75, 3.05) is 0 Å². The van der Waals surface area contributed by atoms with E-state index >= 15 is 0 Å². The lowest BCUT2D eigenvalue weighted by atomic mass is 10.1. The van der Waals surface area contributed by atoms with E-state index in [9.17, 15) is 0 Å². The molecule has 0 aliphatic heterocycles. The third-order valence-corrected chi connectivity index (χ3v) is 1.99. The number of hydrogen-bond acceptors (Lipinski definition) is 4. The first-order valence-corrected chi connectivity index (χ1v) is 4.50. The van der Waals surface area contributed by atoms with Gasteiger partial charge in [0.15, 0.2) is 0 Å². The summed E-state index contributed by atoms with van der Waals surface area (Å²) >= 11 is 0. The Hall–Kier alpha value is -2.23. The number of nitrogens with zero attached hydrogens (tertiary/aromatic N) is 3. The van der Waals surface area contributed by atoms with Gasteiger partial charge in [0, 0.05) is 18.0 Å². The van der Waals surface area contributed by atoms with Crippen LogP contribution in [0.4, 0.5) is 0 Å². The summed E-state index contributed by atoms with van der Waals surface area (Å²) in [5, 5.41) is 3.46. The maximum atomic E-state index is 5.06. The average Bonchev–Trinajstić information content (AvgIpc) is 2.32. The van der Waals surface area contributed by atoms with E-state index in [1.807, 2.05) is 24.3 Å². The fraction of sp³-hybridized carbons (Fsp3) is 0. The van der Waals surface area contributed by atoms with Gasteiger partial charge in [0.25, 0.3) is 0 Å². The van der Waals surface area contributed by atoms with Crippen LogP contribution in [-0.2, 0) is 0 Å². The highest BCUT2D eigenvalue weighted by molar-refractivity contribution is 5.80. The smallest absolute Gasteiger partial charge is 0.0885 e. The lowest BCUT2D eigenvalue weighted by molar-refractivity contribution is 1.21. The van der Waals surface area contributed by atoms with Crippen molar-refractivity contribution in [2.24, 2.45) is 10.9 Å². The van der Waals surface area contributed by atoms with Crippen LogP contribution in [0.3, 0.4) is 0 Å². The van der Waals surface area contributed by atoms with Crippen molar-refractivity contribution < 1.29 is 0 Å². The minimum absolute atomic E-state index is 0.855. The average molecular weight is 198 g/mol. The number of benzene rings is 1. The fourth-order valence-electron chi connectivity index (χ4n) is 1.27. The van der Waals surface area contributed by atoms with Crippen LogP contribution in [0.15, 0.2) is 48.0 Å². The maximum Gasteiger partial charge on any atom is 0.0885 e. The van der Waals surface area contributed by atoms with Crippen LogP contribution in [0.5, 0.6) is 0 Å². The molecule has 2 rings (SSSR count). The van der Waals surface area contributed by atoms with Gasteiger partial charge in [0.2, 0.25) is 0 Å². The van der Waals surface area contributed by atoms with Crippen molar-refractivity contribution in [3.8, 4) is 11.3 Å². The van der Waals surface area contributed by atoms with E-state index < -0.39 is 0 Å². The first kappa shape index (κ1) is 9.33. The first-order valence-electron chi connectivity index (χ1n) is 4.50. The second kappa shape index (κ2) is 4.32. The molecule has 0 atom stereocenters. The van der Waals surface area contributed by atoms with E-state index in [-0.39, 0.29) is 0 Å². The number of aromatic nitrogens is 2. The van der Waals surface area contributed by atoms with Gasteiger partial charge in [-0.3, -0.25) is 9.97 Å². The Morgan fingerprint density at radius 3 is 2.53 bits per heavy atom. The standard InChI is InChI=1S/C11H10N4/c12-15-7-9-1-3-10(4-2-9)11-8-13-5-6-14-11/h1-8H,12H2. The number of nitrogens with two attached hydrogens (primary N) is 1. The zero-order valence-corrected chi connectivity index (χ0v) is 8.04. The summed E-state index contributed by atoms with van der Waals surface area (Å²) in [7, 11) is 0. The van der Waals surface area contributed by atoms with Gasteiger partial charge in [-0.25, -0.2) is 0 Å². The zero-order valence-electron chi connectivity index (χ0n) is 8.04. The van der Waals surface area contributed by atoms with E-state index in [0.29, 0.717) is 0 Å². The quantitative estimate of drug-likeness (QED) is 0.451. The number of hydrazone groups is 1. The Bertz CT molecular complexity index is 448. The van der Waals surface area contributed by atoms with Gasteiger partial charge in [-0.2, -0.15) is 5.10 Å². The van der Waals surface area contributed by atoms with Crippen LogP contribution >= 0.6 is 0 Å². The van der Waals surface area contributed by atoms with Gasteiger partial charge in [-0.1, -0.05) is 24.3 Å². The van der Waals surface area contributed by atoms with Gasteiger partial charge in [-0.15, -0.1) is 0 Å². The van der Waals surface area contributed by atoms with Crippen molar-refractivity contribution in [3.63, 3.8) is 0 Å². The molecule has 1 heterocycles. The van der Waals surface area contributed by atoms with E-state index in [2.05, 4.69) is 15.1 Å². The molecule has 0 amide bonds. The molecule has 0 saturated heterocycles. The molecule has 2 N–H and O–H groups in total. The third-order valence-electron chi connectivity index (χ3n) is 1.99. The first-order chi connectivity index (χ1) is 7.40. The molecule has 0 aliphatic rings. The molecule has 74 valence electrons. The van der Waals surface area contributed by atoms with Crippen LogP contribution in [-0.4, -0.2) is 16.2 Å². The molecule has 15 heavy (non-hydrogen) atoms. The maximum absolute atomic E-state index is 5.06. The Balaban J connectivity index is 2.32. The van der Waals surface area contributed by atoms with E-state index in [1.165, 1.54) is 0 Å². The number of rotatable bonds is 2. The van der Waals surface area contributed by atoms with Gasteiger partial charge in [-0.05, 0) is 5.56 Å². The van der Waals surface area contributed by atoms with Crippen molar-refractivity contribution in [2.45, 2.75) is 0 Å². The zero-order chi connectivity index (χ0) is 10.5. The largest absolute Gasteiger partial charge is 0.323 e. The summed E-state index contributed by atoms with van der Waals surface area (Å²) in [5.41, 5.74) is 2.84. The Kier molecular flexibility index (Phi) is 2.69.